The van der Waals surface area contributed by atoms with Gasteiger partial charge in [0.2, 0.25) is 10.0 Å². The van der Waals surface area contributed by atoms with Gasteiger partial charge in [-0.15, -0.1) is 0 Å². The summed E-state index contributed by atoms with van der Waals surface area (Å²) >= 11 is 0. The first kappa shape index (κ1) is 18.4. The highest BCUT2D eigenvalue weighted by molar-refractivity contribution is 7.89. The fourth-order valence-electron chi connectivity index (χ4n) is 2.96. The number of nitrogens with zero attached hydrogens (tertiary/aromatic N) is 4. The number of imidazole rings is 1. The lowest BCUT2D eigenvalue weighted by atomic mass is 10.1. The summed E-state index contributed by atoms with van der Waals surface area (Å²) in [4.78, 5) is 6.30. The molecule has 1 aliphatic rings. The molecule has 0 aliphatic carbocycles. The maximum Gasteiger partial charge on any atom is 0.218 e. The molecule has 0 saturated carbocycles. The number of hydrogen-bond donors (Lipinski definition) is 0. The maximum absolute atomic E-state index is 12.6. The molecule has 2 rings (SSSR count). The van der Waals surface area contributed by atoms with Crippen LogP contribution in [0.15, 0.2) is 18.7 Å². The summed E-state index contributed by atoms with van der Waals surface area (Å²) in [5.41, 5.74) is 0. The molecule has 1 fully saturated rings. The van der Waals surface area contributed by atoms with Crippen molar-refractivity contribution in [2.75, 3.05) is 46.9 Å². The number of methoxy groups -OCH3 is 1. The highest BCUT2D eigenvalue weighted by Gasteiger charge is 2.33. The zero-order chi connectivity index (χ0) is 16.7. The van der Waals surface area contributed by atoms with Gasteiger partial charge in [-0.3, -0.25) is 0 Å². The van der Waals surface area contributed by atoms with E-state index >= 15 is 0 Å². The van der Waals surface area contributed by atoms with Crippen LogP contribution in [0, 0.1) is 0 Å². The van der Waals surface area contributed by atoms with E-state index in [-0.39, 0.29) is 5.25 Å². The molecule has 0 spiro atoms. The van der Waals surface area contributed by atoms with E-state index in [2.05, 4.69) is 14.5 Å². The molecule has 2 heterocycles. The first-order valence-electron chi connectivity index (χ1n) is 8.16. The molecule has 0 amide bonds. The SMILES string of the molecule is COCCN(C)S(=O)(=O)C1CCCN(CCCn2ccnc2)C1. The molecular weight excluding hydrogens is 316 g/mol. The van der Waals surface area contributed by atoms with Crippen molar-refractivity contribution in [1.29, 1.82) is 0 Å². The summed E-state index contributed by atoms with van der Waals surface area (Å²) in [6.45, 7) is 4.29. The summed E-state index contributed by atoms with van der Waals surface area (Å²) in [5.74, 6) is 0. The third-order valence-electron chi connectivity index (χ3n) is 4.38. The van der Waals surface area contributed by atoms with Crippen LogP contribution in [-0.2, 0) is 21.3 Å². The Morgan fingerprint density at radius 1 is 1.39 bits per heavy atom. The van der Waals surface area contributed by atoms with Crippen molar-refractivity contribution in [3.8, 4) is 0 Å². The van der Waals surface area contributed by atoms with Crippen molar-refractivity contribution in [3.05, 3.63) is 18.7 Å². The molecule has 8 heteroatoms. The third-order valence-corrected chi connectivity index (χ3v) is 6.66. The van der Waals surface area contributed by atoms with Crippen molar-refractivity contribution in [3.63, 3.8) is 0 Å². The number of sulfonamides is 1. The van der Waals surface area contributed by atoms with Crippen molar-refractivity contribution in [1.82, 2.24) is 18.8 Å². The molecule has 23 heavy (non-hydrogen) atoms. The highest BCUT2D eigenvalue weighted by atomic mass is 32.2. The van der Waals surface area contributed by atoms with E-state index in [1.165, 1.54) is 4.31 Å². The minimum Gasteiger partial charge on any atom is -0.383 e. The lowest BCUT2D eigenvalue weighted by molar-refractivity contribution is 0.182. The normalized spacial score (nSPS) is 20.2. The summed E-state index contributed by atoms with van der Waals surface area (Å²) in [7, 11) is -0.00742. The van der Waals surface area contributed by atoms with Gasteiger partial charge in [-0.1, -0.05) is 0 Å². The number of ether oxygens (including phenoxy) is 1. The van der Waals surface area contributed by atoms with Crippen molar-refractivity contribution in [2.24, 2.45) is 0 Å². The zero-order valence-corrected chi connectivity index (χ0v) is 14.9. The van der Waals surface area contributed by atoms with E-state index < -0.39 is 10.0 Å². The standard InChI is InChI=1S/C15H28N4O3S/c1-17(11-12-22-2)23(20,21)15-5-3-7-18(13-15)8-4-9-19-10-6-16-14-19/h6,10,14-15H,3-5,7-9,11-13H2,1-2H3. The number of likely N-dealkylation sites (tertiary alicyclic amines) is 1. The predicted octanol–water partition coefficient (Wildman–Crippen LogP) is 0.646. The maximum atomic E-state index is 12.6. The Bertz CT molecular complexity index is 547. The van der Waals surface area contributed by atoms with Crippen molar-refractivity contribution >= 4 is 10.0 Å². The van der Waals surface area contributed by atoms with E-state index in [4.69, 9.17) is 4.74 Å². The number of aryl methyl sites for hydroxylation is 1. The van der Waals surface area contributed by atoms with Gasteiger partial charge in [0.15, 0.2) is 0 Å². The zero-order valence-electron chi connectivity index (χ0n) is 14.1. The molecule has 0 bridgehead atoms. The molecule has 1 aromatic heterocycles. The monoisotopic (exact) mass is 344 g/mol. The summed E-state index contributed by atoms with van der Waals surface area (Å²) < 4.78 is 33.7. The summed E-state index contributed by atoms with van der Waals surface area (Å²) in [5, 5.41) is -0.300. The first-order valence-corrected chi connectivity index (χ1v) is 9.66. The number of hydrogen-bond acceptors (Lipinski definition) is 5. The Balaban J connectivity index is 1.82. The Hall–Kier alpha value is -0.960. The Morgan fingerprint density at radius 2 is 2.22 bits per heavy atom. The highest BCUT2D eigenvalue weighted by Crippen LogP contribution is 2.20. The molecule has 132 valence electrons. The third kappa shape index (κ3) is 5.27. The van der Waals surface area contributed by atoms with E-state index in [1.54, 1.807) is 20.4 Å². The largest absolute Gasteiger partial charge is 0.383 e. The van der Waals surface area contributed by atoms with Crippen LogP contribution in [-0.4, -0.2) is 79.4 Å². The second-order valence-electron chi connectivity index (χ2n) is 6.08. The predicted molar refractivity (Wildman–Crippen MR) is 89.7 cm³/mol. The molecular formula is C15H28N4O3S. The summed E-state index contributed by atoms with van der Waals surface area (Å²) in [6, 6.07) is 0. The van der Waals surface area contributed by atoms with Gasteiger partial charge in [0.05, 0.1) is 18.2 Å². The van der Waals surface area contributed by atoms with Gasteiger partial charge in [-0.2, -0.15) is 0 Å². The molecule has 0 aromatic carbocycles. The molecule has 0 N–H and O–H groups in total. The van der Waals surface area contributed by atoms with E-state index in [9.17, 15) is 8.42 Å². The Kier molecular flexibility index (Phi) is 7.01. The van der Waals surface area contributed by atoms with Crippen LogP contribution < -0.4 is 0 Å². The average Bonchev–Trinajstić information content (AvgIpc) is 3.06. The van der Waals surface area contributed by atoms with Crippen LogP contribution >= 0.6 is 0 Å². The van der Waals surface area contributed by atoms with Crippen LogP contribution in [0.3, 0.4) is 0 Å². The second kappa shape index (κ2) is 8.77. The van der Waals surface area contributed by atoms with Gasteiger partial charge in [0.1, 0.15) is 0 Å². The van der Waals surface area contributed by atoms with Gasteiger partial charge >= 0.3 is 0 Å². The molecule has 1 aliphatic heterocycles. The number of likely N-dealkylation sites (N-methyl/N-ethyl adjacent to an activating group) is 1. The van der Waals surface area contributed by atoms with Gasteiger partial charge in [0, 0.05) is 46.2 Å². The number of piperidine rings is 1. The van der Waals surface area contributed by atoms with Crippen LogP contribution in [0.4, 0.5) is 0 Å². The smallest absolute Gasteiger partial charge is 0.218 e. The van der Waals surface area contributed by atoms with Gasteiger partial charge < -0.3 is 14.2 Å². The molecule has 1 saturated heterocycles. The molecule has 1 unspecified atom stereocenters. The van der Waals surface area contributed by atoms with Gasteiger partial charge in [-0.05, 0) is 32.4 Å². The van der Waals surface area contributed by atoms with E-state index in [0.29, 0.717) is 19.7 Å². The van der Waals surface area contributed by atoms with Crippen molar-refractivity contribution in [2.45, 2.75) is 31.1 Å². The minimum atomic E-state index is -3.24. The average molecular weight is 344 g/mol. The van der Waals surface area contributed by atoms with Crippen LogP contribution in [0.1, 0.15) is 19.3 Å². The number of aromatic nitrogens is 2. The van der Waals surface area contributed by atoms with Crippen LogP contribution in [0.2, 0.25) is 0 Å². The first-order chi connectivity index (χ1) is 11.0. The van der Waals surface area contributed by atoms with Gasteiger partial charge in [-0.25, -0.2) is 17.7 Å². The molecule has 0 radical (unpaired) electrons. The second-order valence-corrected chi connectivity index (χ2v) is 8.40. The quantitative estimate of drug-likeness (QED) is 0.658. The molecule has 1 aromatic rings. The summed E-state index contributed by atoms with van der Waals surface area (Å²) in [6.07, 6.45) is 8.23. The van der Waals surface area contributed by atoms with E-state index in [1.807, 2.05) is 12.5 Å². The topological polar surface area (TPSA) is 67.7 Å². The molecule has 7 nitrogen and oxygen atoms in total. The van der Waals surface area contributed by atoms with Crippen LogP contribution in [0.25, 0.3) is 0 Å². The lowest BCUT2D eigenvalue weighted by Gasteiger charge is -2.34. The van der Waals surface area contributed by atoms with Crippen LogP contribution in [0.5, 0.6) is 0 Å². The Morgan fingerprint density at radius 3 is 2.91 bits per heavy atom. The minimum absolute atomic E-state index is 0.300. The fourth-order valence-corrected chi connectivity index (χ4v) is 4.66. The van der Waals surface area contributed by atoms with Crippen molar-refractivity contribution < 1.29 is 13.2 Å². The lowest BCUT2D eigenvalue weighted by Crippen LogP contribution is -2.47. The van der Waals surface area contributed by atoms with Gasteiger partial charge in [0.25, 0.3) is 0 Å². The Labute approximate surface area is 139 Å². The molecule has 1 atom stereocenters. The number of rotatable bonds is 9. The fraction of sp³-hybridized carbons (Fsp3) is 0.800. The van der Waals surface area contributed by atoms with E-state index in [0.717, 1.165) is 38.9 Å².